The topological polar surface area (TPSA) is 29.3 Å². The van der Waals surface area contributed by atoms with E-state index in [2.05, 4.69) is 44.0 Å². The summed E-state index contributed by atoms with van der Waals surface area (Å²) in [6, 6.07) is 6.87. The minimum Gasteiger partial charge on any atom is -0.374 e. The SMILES string of the molecule is Cc1cccc2c1N(C)CC2CC(C)N. The average Bonchev–Trinajstić information content (AvgIpc) is 2.44. The van der Waals surface area contributed by atoms with E-state index in [1.54, 1.807) is 0 Å². The van der Waals surface area contributed by atoms with Crippen LogP contribution >= 0.6 is 0 Å². The molecule has 0 bridgehead atoms. The van der Waals surface area contributed by atoms with Crippen LogP contribution in [0, 0.1) is 6.92 Å². The number of hydrogen-bond donors (Lipinski definition) is 1. The van der Waals surface area contributed by atoms with E-state index >= 15 is 0 Å². The number of nitrogens with zero attached hydrogens (tertiary/aromatic N) is 1. The molecule has 1 aromatic carbocycles. The molecule has 2 heteroatoms. The van der Waals surface area contributed by atoms with Gasteiger partial charge in [0.25, 0.3) is 0 Å². The van der Waals surface area contributed by atoms with Gasteiger partial charge >= 0.3 is 0 Å². The van der Waals surface area contributed by atoms with Crippen LogP contribution in [-0.2, 0) is 0 Å². The van der Waals surface area contributed by atoms with E-state index in [4.69, 9.17) is 5.73 Å². The highest BCUT2D eigenvalue weighted by Gasteiger charge is 2.27. The Kier molecular flexibility index (Phi) is 2.70. The Bertz CT molecular complexity index is 358. The van der Waals surface area contributed by atoms with Gasteiger partial charge in [0, 0.05) is 31.2 Å². The molecule has 0 saturated carbocycles. The summed E-state index contributed by atoms with van der Waals surface area (Å²) in [5.74, 6) is 0.616. The van der Waals surface area contributed by atoms with Gasteiger partial charge in [-0.3, -0.25) is 0 Å². The smallest absolute Gasteiger partial charge is 0.0429 e. The van der Waals surface area contributed by atoms with Gasteiger partial charge in [0.2, 0.25) is 0 Å². The van der Waals surface area contributed by atoms with Crippen LogP contribution in [-0.4, -0.2) is 19.6 Å². The van der Waals surface area contributed by atoms with Crippen LogP contribution in [0.5, 0.6) is 0 Å². The molecule has 82 valence electrons. The maximum absolute atomic E-state index is 5.89. The first-order valence-corrected chi connectivity index (χ1v) is 5.66. The fraction of sp³-hybridized carbons (Fsp3) is 0.538. The molecular weight excluding hydrogens is 184 g/mol. The summed E-state index contributed by atoms with van der Waals surface area (Å²) in [7, 11) is 2.17. The minimum absolute atomic E-state index is 0.287. The van der Waals surface area contributed by atoms with Crippen molar-refractivity contribution in [3.63, 3.8) is 0 Å². The molecule has 0 aliphatic carbocycles. The predicted octanol–water partition coefficient (Wildman–Crippen LogP) is 2.27. The summed E-state index contributed by atoms with van der Waals surface area (Å²) in [5, 5.41) is 0. The Morgan fingerprint density at radius 2 is 2.27 bits per heavy atom. The maximum Gasteiger partial charge on any atom is 0.0429 e. The van der Waals surface area contributed by atoms with Crippen LogP contribution in [0.15, 0.2) is 18.2 Å². The lowest BCUT2D eigenvalue weighted by atomic mass is 9.94. The minimum atomic E-state index is 0.287. The zero-order valence-electron chi connectivity index (χ0n) is 9.83. The molecule has 1 aromatic rings. The largest absolute Gasteiger partial charge is 0.374 e. The van der Waals surface area contributed by atoms with Crippen molar-refractivity contribution in [2.45, 2.75) is 32.2 Å². The summed E-state index contributed by atoms with van der Waals surface area (Å²) >= 11 is 0. The van der Waals surface area contributed by atoms with Gasteiger partial charge in [-0.25, -0.2) is 0 Å². The lowest BCUT2D eigenvalue weighted by molar-refractivity contribution is 0.572. The molecule has 0 aromatic heterocycles. The first-order chi connectivity index (χ1) is 7.09. The Balaban J connectivity index is 2.34. The van der Waals surface area contributed by atoms with E-state index in [-0.39, 0.29) is 6.04 Å². The van der Waals surface area contributed by atoms with Gasteiger partial charge in [0.15, 0.2) is 0 Å². The number of aryl methyl sites for hydroxylation is 1. The second-order valence-electron chi connectivity index (χ2n) is 4.80. The molecule has 2 N–H and O–H groups in total. The molecular formula is C13H20N2. The summed E-state index contributed by atoms with van der Waals surface area (Å²) in [6.45, 7) is 5.39. The van der Waals surface area contributed by atoms with Gasteiger partial charge in [-0.05, 0) is 31.4 Å². The lowest BCUT2D eigenvalue weighted by Gasteiger charge is -2.14. The molecule has 0 radical (unpaired) electrons. The molecule has 15 heavy (non-hydrogen) atoms. The highest BCUT2D eigenvalue weighted by Crippen LogP contribution is 2.39. The van der Waals surface area contributed by atoms with Gasteiger partial charge in [0.1, 0.15) is 0 Å². The maximum atomic E-state index is 5.89. The van der Waals surface area contributed by atoms with Crippen LogP contribution in [0.25, 0.3) is 0 Å². The Hall–Kier alpha value is -1.02. The third-order valence-electron chi connectivity index (χ3n) is 3.24. The summed E-state index contributed by atoms with van der Waals surface area (Å²) in [6.07, 6.45) is 1.08. The van der Waals surface area contributed by atoms with Crippen LogP contribution in [0.2, 0.25) is 0 Å². The van der Waals surface area contributed by atoms with E-state index in [0.717, 1.165) is 13.0 Å². The number of rotatable bonds is 2. The molecule has 0 spiro atoms. The third kappa shape index (κ3) is 1.86. The van der Waals surface area contributed by atoms with E-state index in [0.29, 0.717) is 5.92 Å². The van der Waals surface area contributed by atoms with E-state index in [1.807, 2.05) is 0 Å². The van der Waals surface area contributed by atoms with Crippen molar-refractivity contribution >= 4 is 5.69 Å². The van der Waals surface area contributed by atoms with Crippen molar-refractivity contribution in [1.29, 1.82) is 0 Å². The van der Waals surface area contributed by atoms with E-state index in [9.17, 15) is 0 Å². The molecule has 2 nitrogen and oxygen atoms in total. The standard InChI is InChI=1S/C13H20N2/c1-9-5-4-6-12-11(7-10(2)14)8-15(3)13(9)12/h4-6,10-11H,7-8,14H2,1-3H3. The zero-order chi connectivity index (χ0) is 11.0. The van der Waals surface area contributed by atoms with Crippen LogP contribution in [0.3, 0.4) is 0 Å². The predicted molar refractivity (Wildman–Crippen MR) is 65.5 cm³/mol. The van der Waals surface area contributed by atoms with Crippen LogP contribution in [0.1, 0.15) is 30.4 Å². The molecule has 2 atom stereocenters. The van der Waals surface area contributed by atoms with Gasteiger partial charge in [-0.2, -0.15) is 0 Å². The molecule has 1 aliphatic heterocycles. The summed E-state index contributed by atoms with van der Waals surface area (Å²) in [5.41, 5.74) is 10.2. The number of likely N-dealkylation sites (N-methyl/N-ethyl adjacent to an activating group) is 1. The normalized spacial score (nSPS) is 21.6. The van der Waals surface area contributed by atoms with Crippen molar-refractivity contribution in [3.05, 3.63) is 29.3 Å². The number of hydrogen-bond acceptors (Lipinski definition) is 2. The quantitative estimate of drug-likeness (QED) is 0.800. The second kappa shape index (κ2) is 3.86. The van der Waals surface area contributed by atoms with E-state index in [1.165, 1.54) is 16.8 Å². The Morgan fingerprint density at radius 1 is 1.53 bits per heavy atom. The van der Waals surface area contributed by atoms with E-state index < -0.39 is 0 Å². The molecule has 0 amide bonds. The number of benzene rings is 1. The first-order valence-electron chi connectivity index (χ1n) is 5.66. The van der Waals surface area contributed by atoms with Crippen molar-refractivity contribution in [2.24, 2.45) is 5.73 Å². The van der Waals surface area contributed by atoms with Crippen molar-refractivity contribution < 1.29 is 0 Å². The first kappa shape index (κ1) is 10.5. The van der Waals surface area contributed by atoms with Crippen LogP contribution < -0.4 is 10.6 Å². The number of para-hydroxylation sites is 1. The Morgan fingerprint density at radius 3 is 2.93 bits per heavy atom. The zero-order valence-corrected chi connectivity index (χ0v) is 9.83. The van der Waals surface area contributed by atoms with Gasteiger partial charge in [0.05, 0.1) is 0 Å². The van der Waals surface area contributed by atoms with Crippen LogP contribution in [0.4, 0.5) is 5.69 Å². The van der Waals surface area contributed by atoms with Crippen molar-refractivity contribution in [1.82, 2.24) is 0 Å². The second-order valence-corrected chi connectivity index (χ2v) is 4.80. The molecule has 2 rings (SSSR count). The molecule has 1 heterocycles. The molecule has 0 fully saturated rings. The van der Waals surface area contributed by atoms with Crippen molar-refractivity contribution in [3.8, 4) is 0 Å². The van der Waals surface area contributed by atoms with Gasteiger partial charge in [-0.1, -0.05) is 18.2 Å². The molecule has 2 unspecified atom stereocenters. The number of nitrogens with two attached hydrogens (primary N) is 1. The fourth-order valence-electron chi connectivity index (χ4n) is 2.70. The van der Waals surface area contributed by atoms with Crippen molar-refractivity contribution in [2.75, 3.05) is 18.5 Å². The van der Waals surface area contributed by atoms with Gasteiger partial charge < -0.3 is 10.6 Å². The molecule has 0 saturated heterocycles. The summed E-state index contributed by atoms with van der Waals surface area (Å²) < 4.78 is 0. The fourth-order valence-corrected chi connectivity index (χ4v) is 2.70. The number of fused-ring (bicyclic) bond motifs is 1. The summed E-state index contributed by atoms with van der Waals surface area (Å²) in [4.78, 5) is 2.36. The highest BCUT2D eigenvalue weighted by molar-refractivity contribution is 5.64. The average molecular weight is 204 g/mol. The lowest BCUT2D eigenvalue weighted by Crippen LogP contribution is -2.22. The van der Waals surface area contributed by atoms with Gasteiger partial charge in [-0.15, -0.1) is 0 Å². The Labute approximate surface area is 92.1 Å². The highest BCUT2D eigenvalue weighted by atomic mass is 15.1. The molecule has 1 aliphatic rings. The monoisotopic (exact) mass is 204 g/mol. The number of anilines is 1. The third-order valence-corrected chi connectivity index (χ3v) is 3.24.